The minimum Gasteiger partial charge on any atom is -0.399 e. The molecule has 1 radical (unpaired) electrons. The van der Waals surface area contributed by atoms with E-state index < -0.39 is 10.0 Å². The number of benzene rings is 5. The molecule has 8 aromatic rings. The third kappa shape index (κ3) is 5.75. The van der Waals surface area contributed by atoms with Crippen LogP contribution >= 0.6 is 0 Å². The van der Waals surface area contributed by atoms with E-state index in [0.717, 1.165) is 43.8 Å². The summed E-state index contributed by atoms with van der Waals surface area (Å²) in [4.78, 5) is 39.3. The fourth-order valence-electron chi connectivity index (χ4n) is 6.12. The van der Waals surface area contributed by atoms with Crippen LogP contribution in [0.1, 0.15) is 0 Å². The van der Waals surface area contributed by atoms with Gasteiger partial charge in [0.1, 0.15) is 0 Å². The Kier molecular flexibility index (Phi) is 8.08. The standard InChI is InChI=1S/C32H16N8.C6H8N2O2S.Cu/c1-2-10-18-17(9-1)25-33-26(18)38-28-21-13-5-6-14-22(21)30(35-28)40-32-24-16-8-7-15-23(24)31(36-32)39-29-20-12-4-3-11-19(20)27(34-29)37-25;7-5-1-3-6(4-2-5)11(8,9)10;/h1-16H;1-4H,7H2,(H2,8,9,10);/q-2;;+2. The first-order chi connectivity index (χ1) is 24.8. The van der Waals surface area contributed by atoms with E-state index in [1.54, 1.807) is 0 Å². The Balaban J connectivity index is 0.000000280. The van der Waals surface area contributed by atoms with Crippen molar-refractivity contribution in [3.05, 3.63) is 121 Å². The Bertz CT molecular complexity index is 2660. The largest absolute Gasteiger partial charge is 2.00 e. The smallest absolute Gasteiger partial charge is 0.399 e. The van der Waals surface area contributed by atoms with Gasteiger partial charge in [-0.2, -0.15) is 0 Å². The molecule has 5 aromatic carbocycles. The molecule has 5 heterocycles. The molecule has 10 rings (SSSR count). The average Bonchev–Trinajstić information content (AvgIpc) is 3.88. The number of primary sulfonamides is 1. The first-order valence-electron chi connectivity index (χ1n) is 15.8. The fraction of sp³-hybridized carbons (Fsp3) is 0. The molecule has 0 spiro atoms. The van der Waals surface area contributed by atoms with Crippen LogP contribution in [-0.2, 0) is 27.1 Å². The summed E-state index contributed by atoms with van der Waals surface area (Å²) >= 11 is 0. The third-order valence-corrected chi connectivity index (χ3v) is 9.47. The van der Waals surface area contributed by atoms with Crippen LogP contribution in [-0.4, -0.2) is 38.3 Å². The van der Waals surface area contributed by atoms with Crippen molar-refractivity contribution in [2.75, 3.05) is 5.73 Å². The summed E-state index contributed by atoms with van der Waals surface area (Å²) in [6.07, 6.45) is 0. The zero-order chi connectivity index (χ0) is 34.7. The molecular weight excluding hydrogens is 724 g/mol. The van der Waals surface area contributed by atoms with Gasteiger partial charge in [-0.25, -0.2) is 23.5 Å². The van der Waals surface area contributed by atoms with Gasteiger partial charge in [-0.3, -0.25) is 0 Å². The van der Waals surface area contributed by atoms with Gasteiger partial charge in [0.15, 0.2) is 0 Å². The van der Waals surface area contributed by atoms with Crippen LogP contribution in [0.5, 0.6) is 0 Å². The molecule has 0 saturated carbocycles. The van der Waals surface area contributed by atoms with E-state index in [9.17, 15) is 8.42 Å². The first kappa shape index (κ1) is 32.9. The first-order valence-corrected chi connectivity index (χ1v) is 17.3. The molecule has 3 aromatic heterocycles. The molecule has 0 fully saturated rings. The fourth-order valence-corrected chi connectivity index (χ4v) is 6.63. The number of anilines is 1. The number of nitrogen functional groups attached to an aromatic ring is 1. The summed E-state index contributed by atoms with van der Waals surface area (Å²) in [5.41, 5.74) is 11.6. The number of hydrogen-bond acceptors (Lipinski definition) is 9. The zero-order valence-corrected chi connectivity index (χ0v) is 28.6. The van der Waals surface area contributed by atoms with Gasteiger partial charge in [-0.15, -0.1) is 0 Å². The maximum Gasteiger partial charge on any atom is 2.00 e. The predicted molar refractivity (Wildman–Crippen MR) is 196 cm³/mol. The molecule has 0 amide bonds. The molecule has 0 saturated heterocycles. The van der Waals surface area contributed by atoms with E-state index in [1.807, 2.05) is 97.1 Å². The summed E-state index contributed by atoms with van der Waals surface area (Å²) < 4.78 is 21.4. The normalized spacial score (nSPS) is 11.6. The Morgan fingerprint density at radius 2 is 0.712 bits per heavy atom. The van der Waals surface area contributed by atoms with E-state index in [2.05, 4.69) is 0 Å². The van der Waals surface area contributed by atoms with Gasteiger partial charge in [0.05, 0.1) is 28.2 Å². The van der Waals surface area contributed by atoms with Crippen LogP contribution in [0.25, 0.3) is 89.7 Å². The number of sulfonamides is 1. The minimum atomic E-state index is -3.58. The molecule has 52 heavy (non-hydrogen) atoms. The minimum absolute atomic E-state index is 0. The summed E-state index contributed by atoms with van der Waals surface area (Å²) in [6.45, 7) is 0. The van der Waals surface area contributed by atoms with Crippen LogP contribution in [0, 0.1) is 0 Å². The average molecular weight is 748 g/mol. The predicted octanol–water partition coefficient (Wildman–Crippen LogP) is 6.04. The van der Waals surface area contributed by atoms with E-state index in [1.165, 1.54) is 24.3 Å². The van der Waals surface area contributed by atoms with Gasteiger partial charge in [0.25, 0.3) is 0 Å². The van der Waals surface area contributed by atoms with Crippen LogP contribution < -0.4 is 20.8 Å². The van der Waals surface area contributed by atoms with Crippen molar-refractivity contribution in [1.82, 2.24) is 39.9 Å². The number of aromatic nitrogens is 8. The molecule has 0 aliphatic carbocycles. The van der Waals surface area contributed by atoms with Gasteiger partial charge in [0.2, 0.25) is 10.0 Å². The SMILES string of the molecule is Nc1ccc(S(N)(=O)=O)cc1.[Cu+2].c1ccc2c(c1)-c1nc-2nc2[n-]c(nc3nc(nc4[n-]c(n1)c1ccccc41)-c1ccccc1-3)c1ccccc21. The molecule has 4 N–H and O–H groups in total. The second kappa shape index (κ2) is 12.8. The quantitative estimate of drug-likeness (QED) is 0.147. The van der Waals surface area contributed by atoms with Crippen LogP contribution in [0.4, 0.5) is 5.69 Å². The maximum absolute atomic E-state index is 10.7. The molecule has 8 bridgehead atoms. The molecule has 255 valence electrons. The van der Waals surface area contributed by atoms with Crippen LogP contribution in [0.2, 0.25) is 0 Å². The number of rotatable bonds is 1. The van der Waals surface area contributed by atoms with Crippen molar-refractivity contribution in [3.8, 4) is 45.6 Å². The Hall–Kier alpha value is -6.31. The molecule has 14 heteroatoms. The van der Waals surface area contributed by atoms with Crippen molar-refractivity contribution in [3.63, 3.8) is 0 Å². The molecule has 12 nitrogen and oxygen atoms in total. The second-order valence-corrected chi connectivity index (χ2v) is 13.3. The molecule has 2 aliphatic heterocycles. The van der Waals surface area contributed by atoms with Gasteiger partial charge in [0, 0.05) is 50.5 Å². The van der Waals surface area contributed by atoms with Gasteiger partial charge in [-0.1, -0.05) is 97.1 Å². The molecular formula is C38H24CuN10O2S. The second-order valence-electron chi connectivity index (χ2n) is 11.8. The topological polar surface area (TPSA) is 192 Å². The maximum atomic E-state index is 10.7. The van der Waals surface area contributed by atoms with Crippen molar-refractivity contribution in [2.45, 2.75) is 4.90 Å². The number of nitrogens with two attached hydrogens (primary N) is 2. The van der Waals surface area contributed by atoms with Crippen molar-refractivity contribution in [1.29, 1.82) is 0 Å². The van der Waals surface area contributed by atoms with Crippen molar-refractivity contribution in [2.24, 2.45) is 5.14 Å². The number of nitrogens with zero attached hydrogens (tertiary/aromatic N) is 8. The Morgan fingerprint density at radius 3 is 1.00 bits per heavy atom. The third-order valence-electron chi connectivity index (χ3n) is 8.54. The summed E-state index contributed by atoms with van der Waals surface area (Å²) in [6, 6.07) is 37.5. The van der Waals surface area contributed by atoms with E-state index in [0.29, 0.717) is 51.6 Å². The van der Waals surface area contributed by atoms with Gasteiger partial charge in [-0.05, 0) is 45.8 Å². The van der Waals surface area contributed by atoms with E-state index >= 15 is 0 Å². The van der Waals surface area contributed by atoms with Crippen LogP contribution in [0.3, 0.4) is 0 Å². The zero-order valence-electron chi connectivity index (χ0n) is 26.8. The van der Waals surface area contributed by atoms with Gasteiger partial charge >= 0.3 is 17.1 Å². The molecule has 0 unspecified atom stereocenters. The van der Waals surface area contributed by atoms with Crippen LogP contribution in [0.15, 0.2) is 126 Å². The van der Waals surface area contributed by atoms with Gasteiger partial charge < -0.3 is 35.6 Å². The molecule has 2 aliphatic rings. The summed E-state index contributed by atoms with van der Waals surface area (Å²) in [5, 5.41) is 8.41. The van der Waals surface area contributed by atoms with Crippen molar-refractivity contribution < 1.29 is 25.5 Å². The number of hydrogen-bond donors (Lipinski definition) is 2. The van der Waals surface area contributed by atoms with E-state index in [4.69, 9.17) is 50.7 Å². The van der Waals surface area contributed by atoms with Crippen molar-refractivity contribution >= 4 is 59.8 Å². The Labute approximate surface area is 306 Å². The summed E-state index contributed by atoms with van der Waals surface area (Å²) in [7, 11) is -3.58. The number of fused-ring (bicyclic) bond motifs is 20. The molecule has 0 atom stereocenters. The summed E-state index contributed by atoms with van der Waals surface area (Å²) in [5.74, 6) is 2.21. The van der Waals surface area contributed by atoms with E-state index in [-0.39, 0.29) is 22.0 Å². The monoisotopic (exact) mass is 747 g/mol. The Morgan fingerprint density at radius 1 is 0.423 bits per heavy atom.